The van der Waals surface area contributed by atoms with Crippen molar-refractivity contribution in [2.75, 3.05) is 7.11 Å². The molecule has 2 heteroatoms. The first-order valence-corrected chi connectivity index (χ1v) is 3.56. The highest BCUT2D eigenvalue weighted by molar-refractivity contribution is 7.80. The molecule has 0 aromatic heterocycles. The van der Waals surface area contributed by atoms with E-state index in [1.54, 1.807) is 19.2 Å². The molecule has 1 nitrogen and oxygen atoms in total. The molecule has 0 atom stereocenters. The number of hydrogen-bond acceptors (Lipinski definition) is 2. The van der Waals surface area contributed by atoms with Crippen LogP contribution >= 0.6 is 12.6 Å². The Morgan fingerprint density at radius 1 is 1.55 bits per heavy atom. The Morgan fingerprint density at radius 2 is 2.27 bits per heavy atom. The van der Waals surface area contributed by atoms with Crippen LogP contribution < -0.4 is 4.74 Å². The molecule has 0 radical (unpaired) electrons. The van der Waals surface area contributed by atoms with Gasteiger partial charge in [-0.25, -0.2) is 0 Å². The van der Waals surface area contributed by atoms with Gasteiger partial charge in [0.1, 0.15) is 5.75 Å². The zero-order chi connectivity index (χ0) is 8.27. The van der Waals surface area contributed by atoms with Gasteiger partial charge in [0.15, 0.2) is 0 Å². The average molecular weight is 164 g/mol. The predicted molar refractivity (Wildman–Crippen MR) is 48.2 cm³/mol. The largest absolute Gasteiger partial charge is 0.495 e. The molecule has 0 saturated heterocycles. The first kappa shape index (κ1) is 8.03. The molecule has 0 heterocycles. The van der Waals surface area contributed by atoms with Crippen LogP contribution in [0.25, 0.3) is 0 Å². The number of rotatable bonds is 1. The fourth-order valence-electron chi connectivity index (χ4n) is 0.809. The Labute approximate surface area is 71.8 Å². The second-order valence-corrected chi connectivity index (χ2v) is 2.55. The zero-order valence-corrected chi connectivity index (χ0v) is 7.06. The normalized spacial score (nSPS) is 8.82. The predicted octanol–water partition coefficient (Wildman–Crippen LogP) is 1.97. The Kier molecular flexibility index (Phi) is 2.45. The summed E-state index contributed by atoms with van der Waals surface area (Å²) >= 11 is 4.14. The monoisotopic (exact) mass is 164 g/mol. The molecular formula is C9H8OS. The highest BCUT2D eigenvalue weighted by atomic mass is 32.1. The van der Waals surface area contributed by atoms with Crippen LogP contribution in [-0.2, 0) is 0 Å². The lowest BCUT2D eigenvalue weighted by Crippen LogP contribution is -1.86. The summed E-state index contributed by atoms with van der Waals surface area (Å²) in [5.74, 6) is 3.23. The molecule has 0 saturated carbocycles. The van der Waals surface area contributed by atoms with Crippen molar-refractivity contribution in [3.63, 3.8) is 0 Å². The number of benzene rings is 1. The number of ether oxygens (including phenoxy) is 1. The number of thiol groups is 1. The molecule has 0 bridgehead atoms. The van der Waals surface area contributed by atoms with Crippen LogP contribution in [0.5, 0.6) is 5.75 Å². The third kappa shape index (κ3) is 1.69. The van der Waals surface area contributed by atoms with Crippen molar-refractivity contribution in [3.8, 4) is 18.1 Å². The molecule has 1 rings (SSSR count). The second kappa shape index (κ2) is 3.36. The molecular weight excluding hydrogens is 156 g/mol. The van der Waals surface area contributed by atoms with Crippen LogP contribution in [0.4, 0.5) is 0 Å². The van der Waals surface area contributed by atoms with Gasteiger partial charge in [-0.1, -0.05) is 5.92 Å². The van der Waals surface area contributed by atoms with Crippen molar-refractivity contribution in [3.05, 3.63) is 23.8 Å². The van der Waals surface area contributed by atoms with E-state index in [-0.39, 0.29) is 0 Å². The van der Waals surface area contributed by atoms with Crippen LogP contribution in [0.3, 0.4) is 0 Å². The van der Waals surface area contributed by atoms with Crippen molar-refractivity contribution in [2.45, 2.75) is 4.90 Å². The van der Waals surface area contributed by atoms with E-state index in [4.69, 9.17) is 11.2 Å². The van der Waals surface area contributed by atoms with Gasteiger partial charge in [0, 0.05) is 4.90 Å². The summed E-state index contributed by atoms with van der Waals surface area (Å²) in [5, 5.41) is 0. The fraction of sp³-hybridized carbons (Fsp3) is 0.111. The third-order valence-electron chi connectivity index (χ3n) is 1.34. The van der Waals surface area contributed by atoms with Gasteiger partial charge in [-0.15, -0.1) is 19.1 Å². The summed E-state index contributed by atoms with van der Waals surface area (Å²) < 4.78 is 5.01. The maximum atomic E-state index is 5.23. The van der Waals surface area contributed by atoms with E-state index < -0.39 is 0 Å². The Hall–Kier alpha value is -1.07. The molecule has 1 aromatic rings. The summed E-state index contributed by atoms with van der Waals surface area (Å²) in [6.45, 7) is 0. The molecule has 0 aliphatic rings. The van der Waals surface area contributed by atoms with E-state index >= 15 is 0 Å². The average Bonchev–Trinajstić information content (AvgIpc) is 2.04. The van der Waals surface area contributed by atoms with Gasteiger partial charge in [0.25, 0.3) is 0 Å². The van der Waals surface area contributed by atoms with E-state index in [0.29, 0.717) is 5.75 Å². The van der Waals surface area contributed by atoms with Crippen LogP contribution in [0, 0.1) is 12.3 Å². The Bertz CT molecular complexity index is 299. The highest BCUT2D eigenvalue weighted by Gasteiger charge is 1.98. The lowest BCUT2D eigenvalue weighted by atomic mass is 10.2. The van der Waals surface area contributed by atoms with E-state index in [1.807, 2.05) is 6.07 Å². The zero-order valence-electron chi connectivity index (χ0n) is 6.16. The molecule has 0 aliphatic heterocycles. The maximum Gasteiger partial charge on any atom is 0.134 e. The summed E-state index contributed by atoms with van der Waals surface area (Å²) in [6.07, 6.45) is 5.23. The maximum absolute atomic E-state index is 5.23. The summed E-state index contributed by atoms with van der Waals surface area (Å²) in [6, 6.07) is 5.43. The fourth-order valence-corrected chi connectivity index (χ4v) is 1.01. The van der Waals surface area contributed by atoms with Crippen LogP contribution in [-0.4, -0.2) is 7.11 Å². The van der Waals surface area contributed by atoms with Crippen molar-refractivity contribution in [1.82, 2.24) is 0 Å². The Morgan fingerprint density at radius 3 is 2.82 bits per heavy atom. The van der Waals surface area contributed by atoms with Gasteiger partial charge in [-0.2, -0.15) is 0 Å². The van der Waals surface area contributed by atoms with Gasteiger partial charge >= 0.3 is 0 Å². The van der Waals surface area contributed by atoms with Gasteiger partial charge < -0.3 is 4.74 Å². The summed E-state index contributed by atoms with van der Waals surface area (Å²) in [7, 11) is 1.59. The topological polar surface area (TPSA) is 9.23 Å². The van der Waals surface area contributed by atoms with Crippen molar-refractivity contribution < 1.29 is 4.74 Å². The standard InChI is InChI=1S/C9H8OS/c1-3-7-6-8(11)4-5-9(7)10-2/h1,4-6,11H,2H3. The molecule has 0 aliphatic carbocycles. The first-order valence-electron chi connectivity index (χ1n) is 3.11. The van der Waals surface area contributed by atoms with Crippen molar-refractivity contribution >= 4 is 12.6 Å². The summed E-state index contributed by atoms with van der Waals surface area (Å²) in [4.78, 5) is 0.846. The second-order valence-electron chi connectivity index (χ2n) is 2.03. The minimum Gasteiger partial charge on any atom is -0.495 e. The van der Waals surface area contributed by atoms with Gasteiger partial charge in [0.2, 0.25) is 0 Å². The number of methoxy groups -OCH3 is 1. The third-order valence-corrected chi connectivity index (χ3v) is 1.62. The first-order chi connectivity index (χ1) is 5.27. The molecule has 11 heavy (non-hydrogen) atoms. The van der Waals surface area contributed by atoms with Crippen molar-refractivity contribution in [1.29, 1.82) is 0 Å². The lowest BCUT2D eigenvalue weighted by molar-refractivity contribution is 0.413. The van der Waals surface area contributed by atoms with Crippen LogP contribution in [0.15, 0.2) is 23.1 Å². The lowest BCUT2D eigenvalue weighted by Gasteiger charge is -2.02. The van der Waals surface area contributed by atoms with Crippen LogP contribution in [0.1, 0.15) is 5.56 Å². The molecule has 0 spiro atoms. The minimum absolute atomic E-state index is 0.713. The molecule has 0 unspecified atom stereocenters. The van der Waals surface area contributed by atoms with E-state index in [2.05, 4.69) is 18.5 Å². The minimum atomic E-state index is 0.713. The van der Waals surface area contributed by atoms with E-state index in [0.717, 1.165) is 10.5 Å². The van der Waals surface area contributed by atoms with Crippen LogP contribution in [0.2, 0.25) is 0 Å². The Balaban J connectivity index is 3.19. The molecule has 0 amide bonds. The molecule has 56 valence electrons. The van der Waals surface area contributed by atoms with E-state index in [9.17, 15) is 0 Å². The highest BCUT2D eigenvalue weighted by Crippen LogP contribution is 2.20. The van der Waals surface area contributed by atoms with Gasteiger partial charge in [0.05, 0.1) is 12.7 Å². The molecule has 1 aromatic carbocycles. The van der Waals surface area contributed by atoms with E-state index in [1.165, 1.54) is 0 Å². The van der Waals surface area contributed by atoms with Crippen molar-refractivity contribution in [2.24, 2.45) is 0 Å². The SMILES string of the molecule is C#Cc1cc(S)ccc1OC. The quantitative estimate of drug-likeness (QED) is 0.493. The smallest absolute Gasteiger partial charge is 0.134 e. The summed E-state index contributed by atoms with van der Waals surface area (Å²) in [5.41, 5.74) is 0.736. The van der Waals surface area contributed by atoms with Gasteiger partial charge in [-0.05, 0) is 18.2 Å². The number of terminal acetylenes is 1. The number of hydrogen-bond donors (Lipinski definition) is 1. The molecule has 0 fully saturated rings. The molecule has 0 N–H and O–H groups in total. The van der Waals surface area contributed by atoms with Gasteiger partial charge in [-0.3, -0.25) is 0 Å².